The molecule has 0 saturated carbocycles. The number of hydrogen-bond acceptors (Lipinski definition) is 3. The average molecular weight is 361 g/mol. The number of benzene rings is 2. The van der Waals surface area contributed by atoms with Crippen molar-refractivity contribution in [2.24, 2.45) is 0 Å². The molecule has 1 aliphatic rings. The van der Waals surface area contributed by atoms with Crippen LogP contribution in [0.25, 0.3) is 5.69 Å². The zero-order chi connectivity index (χ0) is 19.0. The molecule has 138 valence electrons. The fraction of sp³-hybridized carbons (Fsp3) is 0.273. The van der Waals surface area contributed by atoms with Crippen molar-refractivity contribution in [2.75, 3.05) is 5.32 Å². The minimum absolute atomic E-state index is 0.00358. The number of aryl methyl sites for hydroxylation is 1. The van der Waals surface area contributed by atoms with Gasteiger partial charge in [0.1, 0.15) is 11.6 Å². The number of aromatic nitrogens is 2. The second kappa shape index (κ2) is 6.91. The summed E-state index contributed by atoms with van der Waals surface area (Å²) in [6.07, 6.45) is 2.41. The molecule has 4 rings (SSSR count). The summed E-state index contributed by atoms with van der Waals surface area (Å²) < 4.78 is 7.52. The molecule has 2 heterocycles. The summed E-state index contributed by atoms with van der Waals surface area (Å²) in [6, 6.07) is 16.1. The molecule has 1 aromatic heterocycles. The van der Waals surface area contributed by atoms with E-state index >= 15 is 0 Å². The minimum atomic E-state index is -0.0129. The molecule has 0 fully saturated rings. The summed E-state index contributed by atoms with van der Waals surface area (Å²) in [6.45, 7) is 6.06. The van der Waals surface area contributed by atoms with Gasteiger partial charge < -0.3 is 10.1 Å². The predicted molar refractivity (Wildman–Crippen MR) is 106 cm³/mol. The van der Waals surface area contributed by atoms with Crippen molar-refractivity contribution in [1.29, 1.82) is 0 Å². The topological polar surface area (TPSA) is 56.2 Å². The van der Waals surface area contributed by atoms with Crippen LogP contribution in [0.5, 0.6) is 5.75 Å². The van der Waals surface area contributed by atoms with Crippen LogP contribution >= 0.6 is 0 Å². The van der Waals surface area contributed by atoms with Gasteiger partial charge in [0.2, 0.25) is 5.91 Å². The smallest absolute Gasteiger partial charge is 0.226 e. The largest absolute Gasteiger partial charge is 0.491 e. The Morgan fingerprint density at radius 2 is 1.81 bits per heavy atom. The Balaban J connectivity index is 1.69. The number of rotatable bonds is 4. The van der Waals surface area contributed by atoms with Gasteiger partial charge in [-0.3, -0.25) is 4.79 Å². The van der Waals surface area contributed by atoms with Crippen LogP contribution in [-0.4, -0.2) is 21.8 Å². The van der Waals surface area contributed by atoms with Gasteiger partial charge in [0.15, 0.2) is 0 Å². The van der Waals surface area contributed by atoms with E-state index in [1.54, 1.807) is 4.68 Å². The van der Waals surface area contributed by atoms with E-state index in [-0.39, 0.29) is 17.9 Å². The van der Waals surface area contributed by atoms with Gasteiger partial charge in [-0.2, -0.15) is 5.10 Å². The van der Waals surface area contributed by atoms with Crippen LogP contribution in [-0.2, 0) is 4.79 Å². The molecule has 0 saturated heterocycles. The second-order valence-electron chi connectivity index (χ2n) is 7.24. The first-order chi connectivity index (χ1) is 13.0. The Morgan fingerprint density at radius 3 is 2.48 bits per heavy atom. The Morgan fingerprint density at radius 1 is 1.11 bits per heavy atom. The van der Waals surface area contributed by atoms with Gasteiger partial charge in [-0.1, -0.05) is 29.8 Å². The molecule has 3 aromatic rings. The molecule has 1 N–H and O–H groups in total. The van der Waals surface area contributed by atoms with Gasteiger partial charge >= 0.3 is 0 Å². The molecule has 1 amide bonds. The fourth-order valence-corrected chi connectivity index (χ4v) is 3.45. The molecular weight excluding hydrogens is 338 g/mol. The maximum absolute atomic E-state index is 12.4. The summed E-state index contributed by atoms with van der Waals surface area (Å²) in [5, 5.41) is 7.54. The van der Waals surface area contributed by atoms with Crippen LogP contribution in [0.4, 0.5) is 5.82 Å². The molecule has 0 radical (unpaired) electrons. The third-order valence-electron chi connectivity index (χ3n) is 4.75. The number of amides is 1. The minimum Gasteiger partial charge on any atom is -0.491 e. The van der Waals surface area contributed by atoms with E-state index in [0.29, 0.717) is 6.42 Å². The summed E-state index contributed by atoms with van der Waals surface area (Å²) in [7, 11) is 0. The first-order valence-corrected chi connectivity index (χ1v) is 9.22. The zero-order valence-corrected chi connectivity index (χ0v) is 15.8. The van der Waals surface area contributed by atoms with Crippen molar-refractivity contribution >= 4 is 11.7 Å². The van der Waals surface area contributed by atoms with E-state index in [1.807, 2.05) is 75.5 Å². The van der Waals surface area contributed by atoms with E-state index in [1.165, 1.54) is 5.56 Å². The SMILES string of the molecule is Cc1ccc(-n2ncc3c2NC(=O)C[C@H]3c2ccc(OC(C)C)cc2)cc1. The lowest BCUT2D eigenvalue weighted by Crippen LogP contribution is -2.24. The molecular formula is C22H23N3O2. The van der Waals surface area contributed by atoms with E-state index in [2.05, 4.69) is 10.4 Å². The lowest BCUT2D eigenvalue weighted by atomic mass is 9.87. The summed E-state index contributed by atoms with van der Waals surface area (Å²) >= 11 is 0. The van der Waals surface area contributed by atoms with Crippen molar-refractivity contribution < 1.29 is 9.53 Å². The van der Waals surface area contributed by atoms with E-state index in [9.17, 15) is 4.79 Å². The Labute approximate surface area is 159 Å². The van der Waals surface area contributed by atoms with Crippen molar-refractivity contribution in [3.8, 4) is 11.4 Å². The molecule has 0 spiro atoms. The Kier molecular flexibility index (Phi) is 4.44. The van der Waals surface area contributed by atoms with Gasteiger partial charge in [0.05, 0.1) is 18.0 Å². The molecule has 1 aliphatic heterocycles. The van der Waals surface area contributed by atoms with Crippen molar-refractivity contribution in [3.63, 3.8) is 0 Å². The number of carbonyl (C=O) groups is 1. The lowest BCUT2D eigenvalue weighted by molar-refractivity contribution is -0.116. The van der Waals surface area contributed by atoms with Crippen LogP contribution in [0.3, 0.4) is 0 Å². The monoisotopic (exact) mass is 361 g/mol. The molecule has 0 unspecified atom stereocenters. The van der Waals surface area contributed by atoms with Gasteiger partial charge in [-0.05, 0) is 50.6 Å². The van der Waals surface area contributed by atoms with Crippen molar-refractivity contribution in [3.05, 3.63) is 71.4 Å². The van der Waals surface area contributed by atoms with E-state index in [0.717, 1.165) is 28.4 Å². The molecule has 5 heteroatoms. The summed E-state index contributed by atoms with van der Waals surface area (Å²) in [5.74, 6) is 1.58. The average Bonchev–Trinajstić information content (AvgIpc) is 3.05. The number of carbonyl (C=O) groups excluding carboxylic acids is 1. The highest BCUT2D eigenvalue weighted by molar-refractivity contribution is 5.94. The second-order valence-corrected chi connectivity index (χ2v) is 7.24. The Bertz CT molecular complexity index is 956. The van der Waals surface area contributed by atoms with Gasteiger partial charge in [-0.15, -0.1) is 0 Å². The fourth-order valence-electron chi connectivity index (χ4n) is 3.45. The molecule has 5 nitrogen and oxygen atoms in total. The molecule has 2 aromatic carbocycles. The third kappa shape index (κ3) is 3.45. The van der Waals surface area contributed by atoms with Crippen LogP contribution in [0.15, 0.2) is 54.7 Å². The normalized spacial score (nSPS) is 16.1. The highest BCUT2D eigenvalue weighted by atomic mass is 16.5. The summed E-state index contributed by atoms with van der Waals surface area (Å²) in [5.41, 5.74) is 4.24. The number of anilines is 1. The molecule has 1 atom stereocenters. The number of nitrogens with zero attached hydrogens (tertiary/aromatic N) is 2. The molecule has 0 bridgehead atoms. The van der Waals surface area contributed by atoms with Crippen LogP contribution < -0.4 is 10.1 Å². The van der Waals surface area contributed by atoms with E-state index < -0.39 is 0 Å². The molecule has 27 heavy (non-hydrogen) atoms. The maximum atomic E-state index is 12.4. The standard InChI is InChI=1S/C22H23N3O2/c1-14(2)27-18-10-6-16(7-11-18)19-12-21(26)24-22-20(19)13-23-25(22)17-8-4-15(3)5-9-17/h4-11,13-14,19H,12H2,1-3H3,(H,24,26)/t19-/m0/s1. The van der Waals surface area contributed by atoms with Gasteiger partial charge in [0, 0.05) is 17.9 Å². The van der Waals surface area contributed by atoms with Gasteiger partial charge in [-0.25, -0.2) is 4.68 Å². The zero-order valence-electron chi connectivity index (χ0n) is 15.8. The van der Waals surface area contributed by atoms with Crippen LogP contribution in [0, 0.1) is 6.92 Å². The van der Waals surface area contributed by atoms with E-state index in [4.69, 9.17) is 4.74 Å². The maximum Gasteiger partial charge on any atom is 0.226 e. The highest BCUT2D eigenvalue weighted by Crippen LogP contribution is 2.38. The number of fused-ring (bicyclic) bond motifs is 1. The van der Waals surface area contributed by atoms with Crippen LogP contribution in [0.1, 0.15) is 42.9 Å². The number of hydrogen-bond donors (Lipinski definition) is 1. The molecule has 0 aliphatic carbocycles. The highest BCUT2D eigenvalue weighted by Gasteiger charge is 2.30. The van der Waals surface area contributed by atoms with Crippen LogP contribution in [0.2, 0.25) is 0 Å². The third-order valence-corrected chi connectivity index (χ3v) is 4.75. The van der Waals surface area contributed by atoms with Crippen molar-refractivity contribution in [1.82, 2.24) is 9.78 Å². The number of nitrogens with one attached hydrogen (secondary N) is 1. The first kappa shape index (κ1) is 17.3. The van der Waals surface area contributed by atoms with Crippen molar-refractivity contribution in [2.45, 2.75) is 39.2 Å². The quantitative estimate of drug-likeness (QED) is 0.747. The summed E-state index contributed by atoms with van der Waals surface area (Å²) in [4.78, 5) is 12.4. The van der Waals surface area contributed by atoms with Gasteiger partial charge in [0.25, 0.3) is 0 Å². The number of ether oxygens (including phenoxy) is 1. The first-order valence-electron chi connectivity index (χ1n) is 9.22. The predicted octanol–water partition coefficient (Wildman–Crippen LogP) is 4.44. The lowest BCUT2D eigenvalue weighted by Gasteiger charge is -2.24. The Hall–Kier alpha value is -3.08.